The van der Waals surface area contributed by atoms with Gasteiger partial charge >= 0.3 is 0 Å². The molecule has 0 aliphatic carbocycles. The van der Waals surface area contributed by atoms with Crippen LogP contribution < -0.4 is 0 Å². The van der Waals surface area contributed by atoms with Crippen LogP contribution in [-0.4, -0.2) is 21.1 Å². The van der Waals surface area contributed by atoms with E-state index in [0.717, 1.165) is 11.1 Å². The number of Topliss-reactive ketones (excluding diaryl/α,β-unsaturated/α-hetero) is 1. The third-order valence-corrected chi connectivity index (χ3v) is 3.12. The molecule has 0 aliphatic rings. The van der Waals surface area contributed by atoms with Crippen LogP contribution in [0.15, 0.2) is 42.5 Å². The summed E-state index contributed by atoms with van der Waals surface area (Å²) < 4.78 is 0. The minimum atomic E-state index is -0.191. The van der Waals surface area contributed by atoms with Gasteiger partial charge in [-0.05, 0) is 28.8 Å². The normalized spacial score (nSPS) is 10.5. The van der Waals surface area contributed by atoms with Crippen LogP contribution >= 0.6 is 0 Å². The van der Waals surface area contributed by atoms with Gasteiger partial charge in [0.1, 0.15) is 5.75 Å². The molecule has 2 aromatic carbocycles. The summed E-state index contributed by atoms with van der Waals surface area (Å²) in [6.07, 6.45) is 0.178. The Balaban J connectivity index is 2.14. The number of ketones is 1. The molecule has 0 saturated heterocycles. The summed E-state index contributed by atoms with van der Waals surface area (Å²) in [5.74, 6) is -0.308. The molecule has 0 heterocycles. The molecule has 0 bridgehead atoms. The van der Waals surface area contributed by atoms with Crippen molar-refractivity contribution in [2.75, 3.05) is 0 Å². The van der Waals surface area contributed by atoms with Crippen LogP contribution in [-0.2, 0) is 19.6 Å². The number of phenols is 1. The van der Waals surface area contributed by atoms with E-state index >= 15 is 0 Å². The first-order valence-electron chi connectivity index (χ1n) is 6.28. The van der Waals surface area contributed by atoms with Gasteiger partial charge in [-0.25, -0.2) is 0 Å². The van der Waals surface area contributed by atoms with Crippen LogP contribution in [0.2, 0.25) is 0 Å². The lowest BCUT2D eigenvalue weighted by Crippen LogP contribution is -2.04. The molecule has 4 nitrogen and oxygen atoms in total. The predicted molar refractivity (Wildman–Crippen MR) is 74.4 cm³/mol. The van der Waals surface area contributed by atoms with Gasteiger partial charge in [-0.3, -0.25) is 4.79 Å². The van der Waals surface area contributed by atoms with Crippen LogP contribution in [0.4, 0.5) is 0 Å². The number of aromatic hydroxyl groups is 1. The van der Waals surface area contributed by atoms with Gasteiger partial charge in [0.05, 0.1) is 18.8 Å². The zero-order chi connectivity index (χ0) is 14.5. The predicted octanol–water partition coefficient (Wildman–Crippen LogP) is 1.80. The van der Waals surface area contributed by atoms with Crippen LogP contribution in [0.1, 0.15) is 27.0 Å². The quantitative estimate of drug-likeness (QED) is 0.725. The van der Waals surface area contributed by atoms with Crippen molar-refractivity contribution < 1.29 is 20.1 Å². The lowest BCUT2D eigenvalue weighted by molar-refractivity contribution is 0.0990. The molecule has 0 saturated carbocycles. The lowest BCUT2D eigenvalue weighted by atomic mass is 10.0. The summed E-state index contributed by atoms with van der Waals surface area (Å²) in [5, 5.41) is 27.7. The number of benzene rings is 2. The van der Waals surface area contributed by atoms with Crippen molar-refractivity contribution >= 4 is 5.78 Å². The summed E-state index contributed by atoms with van der Waals surface area (Å²) >= 11 is 0. The highest BCUT2D eigenvalue weighted by atomic mass is 16.3. The highest BCUT2D eigenvalue weighted by molar-refractivity contribution is 5.99. The average Bonchev–Trinajstić information content (AvgIpc) is 2.47. The second-order valence-electron chi connectivity index (χ2n) is 4.58. The van der Waals surface area contributed by atoms with Crippen LogP contribution in [0.3, 0.4) is 0 Å². The number of aliphatic hydroxyl groups excluding tert-OH is 2. The zero-order valence-electron chi connectivity index (χ0n) is 10.9. The van der Waals surface area contributed by atoms with Gasteiger partial charge in [-0.15, -0.1) is 0 Å². The van der Waals surface area contributed by atoms with E-state index in [1.54, 1.807) is 30.3 Å². The lowest BCUT2D eigenvalue weighted by Gasteiger charge is -2.06. The van der Waals surface area contributed by atoms with Crippen molar-refractivity contribution in [3.8, 4) is 5.75 Å². The highest BCUT2D eigenvalue weighted by Gasteiger charge is 2.12. The molecule has 20 heavy (non-hydrogen) atoms. The summed E-state index contributed by atoms with van der Waals surface area (Å²) in [6.45, 7) is -0.206. The smallest absolute Gasteiger partial charge is 0.170 e. The number of aliphatic hydroxyl groups is 2. The van der Waals surface area contributed by atoms with E-state index in [4.69, 9.17) is 10.2 Å². The van der Waals surface area contributed by atoms with Crippen LogP contribution in [0.5, 0.6) is 5.75 Å². The molecular formula is C16H16O4. The maximum absolute atomic E-state index is 12.1. The van der Waals surface area contributed by atoms with E-state index in [1.165, 1.54) is 12.1 Å². The van der Waals surface area contributed by atoms with Gasteiger partial charge in [0.25, 0.3) is 0 Å². The number of phenolic OH excluding ortho intramolecular Hbond substituents is 1. The number of carbonyl (C=O) groups excluding carboxylic acids is 1. The number of rotatable bonds is 5. The Bertz CT molecular complexity index is 602. The van der Waals surface area contributed by atoms with Crippen LogP contribution in [0, 0.1) is 0 Å². The SMILES string of the molecule is O=C(Cc1ccc(CO)cc1)c1ccc(CO)cc1O. The Morgan fingerprint density at radius 2 is 1.40 bits per heavy atom. The number of hydrogen-bond acceptors (Lipinski definition) is 4. The van der Waals surface area contributed by atoms with Crippen molar-refractivity contribution in [1.82, 2.24) is 0 Å². The minimum absolute atomic E-state index is 0.0301. The number of carbonyl (C=O) groups is 1. The third kappa shape index (κ3) is 3.23. The standard InChI is InChI=1S/C16H16O4/c17-9-12-3-1-11(2-4-12)7-15(19)14-6-5-13(10-18)8-16(14)20/h1-6,8,17-18,20H,7,9-10H2. The Hall–Kier alpha value is -2.17. The highest BCUT2D eigenvalue weighted by Crippen LogP contribution is 2.21. The van der Waals surface area contributed by atoms with E-state index in [0.29, 0.717) is 5.56 Å². The van der Waals surface area contributed by atoms with Gasteiger partial charge in [0.2, 0.25) is 0 Å². The average molecular weight is 272 g/mol. The molecule has 2 rings (SSSR count). The van der Waals surface area contributed by atoms with Gasteiger partial charge < -0.3 is 15.3 Å². The molecule has 4 heteroatoms. The minimum Gasteiger partial charge on any atom is -0.507 e. The third-order valence-electron chi connectivity index (χ3n) is 3.12. The fourth-order valence-corrected chi connectivity index (χ4v) is 1.95. The second kappa shape index (κ2) is 6.32. The molecule has 0 amide bonds. The van der Waals surface area contributed by atoms with Gasteiger partial charge in [-0.2, -0.15) is 0 Å². The molecular weight excluding hydrogens is 256 g/mol. The molecule has 0 aliphatic heterocycles. The van der Waals surface area contributed by atoms with Crippen molar-refractivity contribution in [3.63, 3.8) is 0 Å². The molecule has 3 N–H and O–H groups in total. The van der Waals surface area contributed by atoms with Gasteiger partial charge in [0, 0.05) is 6.42 Å². The van der Waals surface area contributed by atoms with Crippen LogP contribution in [0.25, 0.3) is 0 Å². The van der Waals surface area contributed by atoms with Gasteiger partial charge in [-0.1, -0.05) is 30.3 Å². The Labute approximate surface area is 116 Å². The maximum Gasteiger partial charge on any atom is 0.170 e. The Kier molecular flexibility index (Phi) is 4.50. The topological polar surface area (TPSA) is 77.8 Å². The van der Waals surface area contributed by atoms with E-state index in [2.05, 4.69) is 0 Å². The number of hydrogen-bond donors (Lipinski definition) is 3. The molecule has 104 valence electrons. The molecule has 0 atom stereocenters. The monoisotopic (exact) mass is 272 g/mol. The molecule has 0 unspecified atom stereocenters. The fourth-order valence-electron chi connectivity index (χ4n) is 1.95. The first-order chi connectivity index (χ1) is 9.63. The summed E-state index contributed by atoms with van der Waals surface area (Å²) in [5.41, 5.74) is 2.41. The fraction of sp³-hybridized carbons (Fsp3) is 0.188. The van der Waals surface area contributed by atoms with Crippen molar-refractivity contribution in [2.24, 2.45) is 0 Å². The summed E-state index contributed by atoms with van der Waals surface area (Å²) in [6, 6.07) is 11.6. The van der Waals surface area contributed by atoms with Crippen molar-refractivity contribution in [2.45, 2.75) is 19.6 Å². The Morgan fingerprint density at radius 3 is 1.95 bits per heavy atom. The first kappa shape index (κ1) is 14.2. The molecule has 0 aromatic heterocycles. The summed E-state index contributed by atoms with van der Waals surface area (Å²) in [7, 11) is 0. The van der Waals surface area contributed by atoms with Gasteiger partial charge in [0.15, 0.2) is 5.78 Å². The van der Waals surface area contributed by atoms with E-state index < -0.39 is 0 Å². The molecule has 0 spiro atoms. The molecule has 2 aromatic rings. The van der Waals surface area contributed by atoms with Crippen molar-refractivity contribution in [3.05, 3.63) is 64.7 Å². The van der Waals surface area contributed by atoms with Crippen molar-refractivity contribution in [1.29, 1.82) is 0 Å². The molecule has 0 radical (unpaired) electrons. The Morgan fingerprint density at radius 1 is 0.850 bits per heavy atom. The summed E-state index contributed by atoms with van der Waals surface area (Å²) in [4.78, 5) is 12.1. The largest absolute Gasteiger partial charge is 0.507 e. The van der Waals surface area contributed by atoms with E-state index in [9.17, 15) is 9.90 Å². The first-order valence-corrected chi connectivity index (χ1v) is 6.28. The molecule has 0 fully saturated rings. The maximum atomic E-state index is 12.1. The van der Waals surface area contributed by atoms with E-state index in [-0.39, 0.29) is 36.7 Å². The van der Waals surface area contributed by atoms with E-state index in [1.807, 2.05) is 0 Å². The second-order valence-corrected chi connectivity index (χ2v) is 4.58. The zero-order valence-corrected chi connectivity index (χ0v) is 10.9.